The van der Waals surface area contributed by atoms with E-state index in [0.717, 1.165) is 6.42 Å². The summed E-state index contributed by atoms with van der Waals surface area (Å²) in [5.41, 5.74) is 2.13. The molecule has 1 fully saturated rings. The lowest BCUT2D eigenvalue weighted by molar-refractivity contribution is -0.187. The average molecular weight is 210 g/mol. The highest BCUT2D eigenvalue weighted by Gasteiger charge is 2.55. The van der Waals surface area contributed by atoms with E-state index in [-0.39, 0.29) is 12.0 Å². The lowest BCUT2D eigenvalue weighted by Gasteiger charge is -2.26. The molecule has 3 atom stereocenters. The molecule has 1 saturated carbocycles. The SMILES string of the molecule is CC1CC1NC(=O)C(C)(N)C(F)(F)F. The number of hydrogen-bond donors (Lipinski definition) is 2. The van der Waals surface area contributed by atoms with Crippen LogP contribution in [0.25, 0.3) is 0 Å². The Morgan fingerprint density at radius 2 is 1.93 bits per heavy atom. The maximum atomic E-state index is 12.3. The summed E-state index contributed by atoms with van der Waals surface area (Å²) in [6.07, 6.45) is -3.99. The molecule has 1 aliphatic carbocycles. The summed E-state index contributed by atoms with van der Waals surface area (Å²) in [5.74, 6) is -0.901. The van der Waals surface area contributed by atoms with Crippen molar-refractivity contribution in [3.63, 3.8) is 0 Å². The van der Waals surface area contributed by atoms with E-state index in [1.165, 1.54) is 0 Å². The molecule has 1 aliphatic rings. The molecule has 0 aromatic carbocycles. The summed E-state index contributed by atoms with van der Waals surface area (Å²) < 4.78 is 36.8. The van der Waals surface area contributed by atoms with E-state index < -0.39 is 17.6 Å². The number of amides is 1. The van der Waals surface area contributed by atoms with Crippen molar-refractivity contribution >= 4 is 5.91 Å². The van der Waals surface area contributed by atoms with Crippen molar-refractivity contribution in [1.82, 2.24) is 5.32 Å². The molecule has 0 aliphatic heterocycles. The first-order valence-corrected chi connectivity index (χ1v) is 4.33. The Hall–Kier alpha value is -0.780. The number of alkyl halides is 3. The van der Waals surface area contributed by atoms with Gasteiger partial charge in [-0.3, -0.25) is 4.79 Å². The minimum atomic E-state index is -4.71. The second-order valence-electron chi connectivity index (χ2n) is 3.99. The molecular weight excluding hydrogens is 197 g/mol. The molecule has 0 aromatic rings. The van der Waals surface area contributed by atoms with E-state index in [1.54, 1.807) is 0 Å². The summed E-state index contributed by atoms with van der Waals surface area (Å²) in [7, 11) is 0. The van der Waals surface area contributed by atoms with Crippen molar-refractivity contribution in [1.29, 1.82) is 0 Å². The lowest BCUT2D eigenvalue weighted by Crippen LogP contribution is -2.61. The second-order valence-corrected chi connectivity index (χ2v) is 3.99. The van der Waals surface area contributed by atoms with Crippen LogP contribution in [0.15, 0.2) is 0 Å². The number of carbonyl (C=O) groups excluding carboxylic acids is 1. The maximum absolute atomic E-state index is 12.3. The minimum Gasteiger partial charge on any atom is -0.351 e. The zero-order chi connectivity index (χ0) is 11.1. The van der Waals surface area contributed by atoms with Gasteiger partial charge in [-0.25, -0.2) is 0 Å². The Balaban J connectivity index is 2.59. The molecule has 3 unspecified atom stereocenters. The third-order valence-corrected chi connectivity index (χ3v) is 2.49. The predicted octanol–water partition coefficient (Wildman–Crippen LogP) is 0.791. The second kappa shape index (κ2) is 3.12. The summed E-state index contributed by atoms with van der Waals surface area (Å²) in [5, 5.41) is 2.27. The van der Waals surface area contributed by atoms with Crippen LogP contribution in [0.2, 0.25) is 0 Å². The molecule has 14 heavy (non-hydrogen) atoms. The van der Waals surface area contributed by atoms with Gasteiger partial charge in [0.25, 0.3) is 0 Å². The summed E-state index contributed by atoms with van der Waals surface area (Å²) in [4.78, 5) is 11.2. The Labute approximate surface area is 79.8 Å². The molecule has 0 heterocycles. The molecule has 82 valence electrons. The minimum absolute atomic E-state index is 0.146. The van der Waals surface area contributed by atoms with Crippen LogP contribution in [-0.4, -0.2) is 23.7 Å². The molecule has 0 spiro atoms. The van der Waals surface area contributed by atoms with Crippen molar-refractivity contribution in [3.05, 3.63) is 0 Å². The molecule has 3 nitrogen and oxygen atoms in total. The Bertz CT molecular complexity index is 249. The Morgan fingerprint density at radius 1 is 1.50 bits per heavy atom. The number of nitrogens with one attached hydrogen (secondary N) is 1. The van der Waals surface area contributed by atoms with E-state index in [1.807, 2.05) is 6.92 Å². The molecule has 1 amide bonds. The zero-order valence-corrected chi connectivity index (χ0v) is 7.98. The van der Waals surface area contributed by atoms with Gasteiger partial charge in [-0.05, 0) is 19.3 Å². The van der Waals surface area contributed by atoms with Gasteiger partial charge in [0.1, 0.15) is 0 Å². The van der Waals surface area contributed by atoms with Crippen LogP contribution in [0, 0.1) is 5.92 Å². The first-order chi connectivity index (χ1) is 6.16. The van der Waals surface area contributed by atoms with Gasteiger partial charge in [0.2, 0.25) is 5.91 Å². The van der Waals surface area contributed by atoms with Gasteiger partial charge in [-0.15, -0.1) is 0 Å². The largest absolute Gasteiger partial charge is 0.415 e. The van der Waals surface area contributed by atoms with Gasteiger partial charge >= 0.3 is 6.18 Å². The first-order valence-electron chi connectivity index (χ1n) is 4.33. The van der Waals surface area contributed by atoms with E-state index in [2.05, 4.69) is 5.32 Å². The van der Waals surface area contributed by atoms with Gasteiger partial charge in [-0.2, -0.15) is 13.2 Å². The van der Waals surface area contributed by atoms with Crippen LogP contribution in [-0.2, 0) is 4.79 Å². The smallest absolute Gasteiger partial charge is 0.351 e. The van der Waals surface area contributed by atoms with E-state index in [9.17, 15) is 18.0 Å². The molecule has 0 bridgehead atoms. The average Bonchev–Trinajstić information content (AvgIpc) is 2.63. The van der Waals surface area contributed by atoms with Crippen molar-refractivity contribution < 1.29 is 18.0 Å². The zero-order valence-electron chi connectivity index (χ0n) is 7.98. The quantitative estimate of drug-likeness (QED) is 0.708. The first kappa shape index (κ1) is 11.3. The highest BCUT2D eigenvalue weighted by molar-refractivity contribution is 5.87. The van der Waals surface area contributed by atoms with Crippen molar-refractivity contribution in [2.24, 2.45) is 11.7 Å². The fourth-order valence-corrected chi connectivity index (χ4v) is 0.970. The lowest BCUT2D eigenvalue weighted by atomic mass is 10.0. The van der Waals surface area contributed by atoms with Crippen LogP contribution in [0.3, 0.4) is 0 Å². The van der Waals surface area contributed by atoms with Gasteiger partial charge < -0.3 is 11.1 Å². The number of rotatable bonds is 2. The maximum Gasteiger partial charge on any atom is 0.415 e. The van der Waals surface area contributed by atoms with Crippen LogP contribution >= 0.6 is 0 Å². The van der Waals surface area contributed by atoms with E-state index in [0.29, 0.717) is 6.92 Å². The summed E-state index contributed by atoms with van der Waals surface area (Å²) >= 11 is 0. The third kappa shape index (κ3) is 2.00. The summed E-state index contributed by atoms with van der Waals surface area (Å²) in [6.45, 7) is 2.53. The fourth-order valence-electron chi connectivity index (χ4n) is 0.970. The monoisotopic (exact) mass is 210 g/mol. The van der Waals surface area contributed by atoms with Gasteiger partial charge in [0, 0.05) is 6.04 Å². The van der Waals surface area contributed by atoms with Crippen LogP contribution < -0.4 is 11.1 Å². The molecule has 0 radical (unpaired) electrons. The number of nitrogens with two attached hydrogens (primary N) is 1. The van der Waals surface area contributed by atoms with Crippen LogP contribution in [0.1, 0.15) is 20.3 Å². The Morgan fingerprint density at radius 3 is 2.21 bits per heavy atom. The van der Waals surface area contributed by atoms with Crippen molar-refractivity contribution in [2.75, 3.05) is 0 Å². The number of hydrogen-bond acceptors (Lipinski definition) is 2. The van der Waals surface area contributed by atoms with Gasteiger partial charge in [0.15, 0.2) is 5.54 Å². The third-order valence-electron chi connectivity index (χ3n) is 2.49. The Kier molecular flexibility index (Phi) is 2.51. The molecule has 1 rings (SSSR count). The molecule has 0 saturated heterocycles. The topological polar surface area (TPSA) is 55.1 Å². The van der Waals surface area contributed by atoms with Crippen LogP contribution in [0.4, 0.5) is 13.2 Å². The van der Waals surface area contributed by atoms with Crippen LogP contribution in [0.5, 0.6) is 0 Å². The number of halogens is 3. The molecule has 0 aromatic heterocycles. The van der Waals surface area contributed by atoms with Crippen molar-refractivity contribution in [2.45, 2.75) is 38.0 Å². The van der Waals surface area contributed by atoms with E-state index in [4.69, 9.17) is 5.73 Å². The van der Waals surface area contributed by atoms with Gasteiger partial charge in [-0.1, -0.05) is 6.92 Å². The van der Waals surface area contributed by atoms with E-state index >= 15 is 0 Å². The van der Waals surface area contributed by atoms with Gasteiger partial charge in [0.05, 0.1) is 0 Å². The fraction of sp³-hybridized carbons (Fsp3) is 0.875. The standard InChI is InChI=1S/C8H13F3N2O/c1-4-3-5(4)13-6(14)7(2,12)8(9,10)11/h4-5H,3,12H2,1-2H3,(H,13,14). The highest BCUT2D eigenvalue weighted by atomic mass is 19.4. The summed E-state index contributed by atoms with van der Waals surface area (Å²) in [6, 6.07) is -0.146. The molecule has 3 N–H and O–H groups in total. The highest BCUT2D eigenvalue weighted by Crippen LogP contribution is 2.32. The van der Waals surface area contributed by atoms with Crippen molar-refractivity contribution in [3.8, 4) is 0 Å². The normalized spacial score (nSPS) is 30.7. The molecular formula is C8H13F3N2O. The number of carbonyl (C=O) groups is 1. The predicted molar refractivity (Wildman–Crippen MR) is 44.4 cm³/mol. The molecule has 6 heteroatoms.